The highest BCUT2D eigenvalue weighted by Gasteiger charge is 2.17. The third-order valence-corrected chi connectivity index (χ3v) is 4.74. The first-order chi connectivity index (χ1) is 12.3. The molecule has 138 valence electrons. The van der Waals surface area contributed by atoms with Gasteiger partial charge < -0.3 is 4.74 Å². The van der Waals surface area contributed by atoms with E-state index in [9.17, 15) is 26.8 Å². The van der Waals surface area contributed by atoms with Gasteiger partial charge in [0.25, 0.3) is 0 Å². The summed E-state index contributed by atoms with van der Waals surface area (Å²) >= 11 is 0. The Morgan fingerprint density at radius 1 is 1.00 bits per heavy atom. The first-order valence-corrected chi connectivity index (χ1v) is 8.96. The van der Waals surface area contributed by atoms with Crippen LogP contribution in [0.1, 0.15) is 16.8 Å². The van der Waals surface area contributed by atoms with Crippen molar-refractivity contribution in [2.75, 3.05) is 13.2 Å². The van der Waals surface area contributed by atoms with E-state index in [0.29, 0.717) is 17.7 Å². The summed E-state index contributed by atoms with van der Waals surface area (Å²) < 4.78 is 56.6. The van der Waals surface area contributed by atoms with E-state index >= 15 is 0 Å². The van der Waals surface area contributed by atoms with E-state index in [1.54, 1.807) is 30.3 Å². The number of carbonyl (C=O) groups excluding carboxylic acids is 2. The fourth-order valence-corrected chi connectivity index (χ4v) is 2.98. The molecule has 0 saturated heterocycles. The van der Waals surface area contributed by atoms with Crippen molar-refractivity contribution in [3.05, 3.63) is 65.7 Å². The second kappa shape index (κ2) is 8.63. The summed E-state index contributed by atoms with van der Waals surface area (Å²) in [5, 5.41) is 0. The molecule has 0 spiro atoms. The van der Waals surface area contributed by atoms with Gasteiger partial charge in [-0.1, -0.05) is 30.3 Å². The Morgan fingerprint density at radius 3 is 2.35 bits per heavy atom. The number of ketones is 1. The van der Waals surface area contributed by atoms with Crippen molar-refractivity contribution in [2.24, 2.45) is 0 Å². The third kappa shape index (κ3) is 5.43. The molecule has 0 atom stereocenters. The van der Waals surface area contributed by atoms with Gasteiger partial charge in [-0.15, -0.1) is 0 Å². The molecule has 2 aromatic rings. The highest BCUT2D eigenvalue weighted by molar-refractivity contribution is 7.89. The van der Waals surface area contributed by atoms with Gasteiger partial charge in [0.15, 0.2) is 24.0 Å². The Hall–Kier alpha value is -2.65. The molecule has 0 aliphatic heterocycles. The standard InChI is InChI=1S/C17H15F2NO5S/c18-14-7-6-13(10-15(14)19)26(23,24)20-9-8-17(22)25-11-16(21)12-4-2-1-3-5-12/h1-7,10,20H,8-9,11H2. The number of benzene rings is 2. The summed E-state index contributed by atoms with van der Waals surface area (Å²) in [5.74, 6) is -3.63. The summed E-state index contributed by atoms with van der Waals surface area (Å²) in [5.41, 5.74) is 0.388. The fraction of sp³-hybridized carbons (Fsp3) is 0.176. The topological polar surface area (TPSA) is 89.5 Å². The van der Waals surface area contributed by atoms with Crippen LogP contribution in [-0.2, 0) is 19.6 Å². The molecule has 0 fully saturated rings. The number of halogens is 2. The smallest absolute Gasteiger partial charge is 0.307 e. The number of hydrogen-bond donors (Lipinski definition) is 1. The minimum atomic E-state index is -4.10. The van der Waals surface area contributed by atoms with Gasteiger partial charge >= 0.3 is 5.97 Å². The van der Waals surface area contributed by atoms with E-state index < -0.39 is 39.1 Å². The first kappa shape index (κ1) is 19.7. The van der Waals surface area contributed by atoms with Gasteiger partial charge in [0, 0.05) is 12.1 Å². The van der Waals surface area contributed by atoms with E-state index in [0.717, 1.165) is 6.07 Å². The van der Waals surface area contributed by atoms with Gasteiger partial charge in [-0.3, -0.25) is 9.59 Å². The molecule has 0 amide bonds. The molecule has 0 aliphatic carbocycles. The van der Waals surface area contributed by atoms with Gasteiger partial charge in [0.2, 0.25) is 10.0 Å². The van der Waals surface area contributed by atoms with Crippen molar-refractivity contribution < 1.29 is 31.5 Å². The Kier molecular flexibility index (Phi) is 6.53. The van der Waals surface area contributed by atoms with Crippen LogP contribution in [-0.4, -0.2) is 33.3 Å². The molecule has 0 saturated carbocycles. The molecule has 0 aromatic heterocycles. The van der Waals surface area contributed by atoms with E-state index in [-0.39, 0.29) is 18.7 Å². The maximum absolute atomic E-state index is 13.1. The van der Waals surface area contributed by atoms with Gasteiger partial charge in [0.1, 0.15) is 0 Å². The van der Waals surface area contributed by atoms with E-state index in [1.807, 2.05) is 0 Å². The van der Waals surface area contributed by atoms with Gasteiger partial charge in [-0.2, -0.15) is 0 Å². The molecular formula is C17H15F2NO5S. The van der Waals surface area contributed by atoms with Crippen molar-refractivity contribution >= 4 is 21.8 Å². The van der Waals surface area contributed by atoms with Crippen LogP contribution in [0.2, 0.25) is 0 Å². The maximum Gasteiger partial charge on any atom is 0.307 e. The quantitative estimate of drug-likeness (QED) is 0.557. The molecule has 0 heterocycles. The molecule has 6 nitrogen and oxygen atoms in total. The first-order valence-electron chi connectivity index (χ1n) is 7.48. The highest BCUT2D eigenvalue weighted by Crippen LogP contribution is 2.13. The number of sulfonamides is 1. The lowest BCUT2D eigenvalue weighted by atomic mass is 10.1. The summed E-state index contributed by atoms with van der Waals surface area (Å²) in [6, 6.07) is 10.4. The molecule has 0 radical (unpaired) electrons. The minimum Gasteiger partial charge on any atom is -0.457 e. The van der Waals surface area contributed by atoms with Crippen LogP contribution in [0.15, 0.2) is 53.4 Å². The fourth-order valence-electron chi connectivity index (χ4n) is 1.94. The molecule has 9 heteroatoms. The molecule has 0 aliphatic rings. The van der Waals surface area contributed by atoms with Gasteiger partial charge in [-0.05, 0) is 18.2 Å². The lowest BCUT2D eigenvalue weighted by molar-refractivity contribution is -0.142. The van der Waals surface area contributed by atoms with E-state index in [1.165, 1.54) is 0 Å². The van der Waals surface area contributed by atoms with Crippen molar-refractivity contribution in [3.8, 4) is 0 Å². The van der Waals surface area contributed by atoms with Crippen molar-refractivity contribution in [1.82, 2.24) is 4.72 Å². The third-order valence-electron chi connectivity index (χ3n) is 3.28. The lowest BCUT2D eigenvalue weighted by Crippen LogP contribution is -2.27. The average molecular weight is 383 g/mol. The second-order valence-corrected chi connectivity index (χ2v) is 6.94. The number of carbonyl (C=O) groups is 2. The Balaban J connectivity index is 1.80. The Bertz CT molecular complexity index is 901. The monoisotopic (exact) mass is 383 g/mol. The number of esters is 1. The molecule has 2 aromatic carbocycles. The highest BCUT2D eigenvalue weighted by atomic mass is 32.2. The number of Topliss-reactive ketones (excluding diaryl/α,β-unsaturated/α-hetero) is 1. The minimum absolute atomic E-state index is 0.320. The molecule has 2 rings (SSSR count). The molecule has 0 unspecified atom stereocenters. The van der Waals surface area contributed by atoms with Gasteiger partial charge in [0.05, 0.1) is 11.3 Å². The average Bonchev–Trinajstić information content (AvgIpc) is 2.62. The van der Waals surface area contributed by atoms with E-state index in [2.05, 4.69) is 4.72 Å². The Labute approximate surface area is 148 Å². The zero-order chi connectivity index (χ0) is 19.2. The Morgan fingerprint density at radius 2 is 1.69 bits per heavy atom. The van der Waals surface area contributed by atoms with Crippen LogP contribution in [0.25, 0.3) is 0 Å². The molecule has 1 N–H and O–H groups in total. The van der Waals surface area contributed by atoms with Crippen LogP contribution < -0.4 is 4.72 Å². The van der Waals surface area contributed by atoms with Crippen LogP contribution in [0.5, 0.6) is 0 Å². The number of hydrogen-bond acceptors (Lipinski definition) is 5. The summed E-state index contributed by atoms with van der Waals surface area (Å²) in [4.78, 5) is 22.9. The predicted molar refractivity (Wildman–Crippen MR) is 87.9 cm³/mol. The number of nitrogens with one attached hydrogen (secondary N) is 1. The zero-order valence-corrected chi connectivity index (χ0v) is 14.3. The summed E-state index contributed by atoms with van der Waals surface area (Å²) in [6.45, 7) is -0.779. The second-order valence-electron chi connectivity index (χ2n) is 5.17. The zero-order valence-electron chi connectivity index (χ0n) is 13.4. The number of rotatable bonds is 8. The predicted octanol–water partition coefficient (Wildman–Crippen LogP) is 2.06. The van der Waals surface area contributed by atoms with Gasteiger partial charge in [-0.25, -0.2) is 21.9 Å². The van der Waals surface area contributed by atoms with Crippen molar-refractivity contribution in [2.45, 2.75) is 11.3 Å². The van der Waals surface area contributed by atoms with Crippen LogP contribution in [0.3, 0.4) is 0 Å². The lowest BCUT2D eigenvalue weighted by Gasteiger charge is -2.07. The van der Waals surface area contributed by atoms with Crippen molar-refractivity contribution in [1.29, 1.82) is 0 Å². The molecule has 26 heavy (non-hydrogen) atoms. The SMILES string of the molecule is O=C(CCNS(=O)(=O)c1ccc(F)c(F)c1)OCC(=O)c1ccccc1. The summed E-state index contributed by atoms with van der Waals surface area (Å²) in [6.07, 6.45) is -0.328. The van der Waals surface area contributed by atoms with Crippen LogP contribution >= 0.6 is 0 Å². The van der Waals surface area contributed by atoms with Crippen molar-refractivity contribution in [3.63, 3.8) is 0 Å². The maximum atomic E-state index is 13.1. The van der Waals surface area contributed by atoms with Crippen LogP contribution in [0, 0.1) is 11.6 Å². The summed E-state index contributed by atoms with van der Waals surface area (Å²) in [7, 11) is -4.10. The molecule has 0 bridgehead atoms. The normalized spacial score (nSPS) is 11.2. The van der Waals surface area contributed by atoms with E-state index in [4.69, 9.17) is 4.74 Å². The van der Waals surface area contributed by atoms with Crippen LogP contribution in [0.4, 0.5) is 8.78 Å². The number of ether oxygens (including phenoxy) is 1. The largest absolute Gasteiger partial charge is 0.457 e. The molecular weight excluding hydrogens is 368 g/mol.